The fourth-order valence-corrected chi connectivity index (χ4v) is 4.00. The van der Waals surface area contributed by atoms with Crippen molar-refractivity contribution < 1.29 is 25.6 Å². The highest BCUT2D eigenvalue weighted by atomic mass is 27.3. The number of ether oxygens (including phenoxy) is 3. The molecule has 7 heteroatoms. The van der Waals surface area contributed by atoms with Crippen molar-refractivity contribution in [1.29, 1.82) is 0 Å². The molecule has 0 radical (unpaired) electrons. The van der Waals surface area contributed by atoms with Gasteiger partial charge in [-0.1, -0.05) is 41.5 Å². The summed E-state index contributed by atoms with van der Waals surface area (Å²) >= 11 is -2.50. The SMILES string of the molecule is COC([O][Al]([O]C(OC)C(C)C)[O]C(OC)C(C)C)C(C)C. The topological polar surface area (TPSA) is 55.4 Å². The van der Waals surface area contributed by atoms with Crippen LogP contribution in [0.4, 0.5) is 0 Å². The summed E-state index contributed by atoms with van der Waals surface area (Å²) in [5.74, 6) is 0.562. The van der Waals surface area contributed by atoms with Crippen LogP contribution in [0.3, 0.4) is 0 Å². The summed E-state index contributed by atoms with van der Waals surface area (Å²) in [6.45, 7) is 12.1. The van der Waals surface area contributed by atoms with Gasteiger partial charge in [0.2, 0.25) is 0 Å². The van der Waals surface area contributed by atoms with E-state index in [4.69, 9.17) is 25.6 Å². The molecule has 22 heavy (non-hydrogen) atoms. The largest absolute Gasteiger partial charge is 0.911 e. The van der Waals surface area contributed by atoms with Crippen molar-refractivity contribution in [3.8, 4) is 0 Å². The average Bonchev–Trinajstić information content (AvgIpc) is 2.45. The first kappa shape index (κ1) is 22.3. The van der Waals surface area contributed by atoms with Gasteiger partial charge in [-0.2, -0.15) is 0 Å². The lowest BCUT2D eigenvalue weighted by Gasteiger charge is -2.30. The maximum absolute atomic E-state index is 5.94. The second-order valence-electron chi connectivity index (χ2n) is 6.24. The number of hydrogen-bond acceptors (Lipinski definition) is 6. The van der Waals surface area contributed by atoms with E-state index >= 15 is 0 Å². The van der Waals surface area contributed by atoms with Crippen molar-refractivity contribution >= 4 is 15.1 Å². The van der Waals surface area contributed by atoms with Crippen molar-refractivity contribution in [3.63, 3.8) is 0 Å². The summed E-state index contributed by atoms with van der Waals surface area (Å²) in [5.41, 5.74) is 0. The van der Waals surface area contributed by atoms with E-state index < -0.39 is 15.1 Å². The summed E-state index contributed by atoms with van der Waals surface area (Å²) < 4.78 is 33.9. The Morgan fingerprint density at radius 3 is 0.864 bits per heavy atom. The van der Waals surface area contributed by atoms with Crippen molar-refractivity contribution in [2.24, 2.45) is 17.8 Å². The molecule has 0 aromatic rings. The van der Waals surface area contributed by atoms with E-state index in [0.29, 0.717) is 0 Å². The highest BCUT2D eigenvalue weighted by molar-refractivity contribution is 6.36. The Hall–Kier alpha value is 0.292. The van der Waals surface area contributed by atoms with Crippen LogP contribution in [0.1, 0.15) is 41.5 Å². The van der Waals surface area contributed by atoms with Crippen LogP contribution >= 0.6 is 0 Å². The molecule has 0 aromatic heterocycles. The van der Waals surface area contributed by atoms with Crippen molar-refractivity contribution in [2.45, 2.75) is 60.4 Å². The third-order valence-electron chi connectivity index (χ3n) is 3.07. The van der Waals surface area contributed by atoms with Gasteiger partial charge in [-0.25, -0.2) is 0 Å². The maximum atomic E-state index is 5.94. The van der Waals surface area contributed by atoms with Crippen LogP contribution in [0.25, 0.3) is 0 Å². The monoisotopic (exact) mass is 336 g/mol. The fraction of sp³-hybridized carbons (Fsp3) is 1.00. The van der Waals surface area contributed by atoms with Gasteiger partial charge >= 0.3 is 15.1 Å². The molecule has 3 unspecified atom stereocenters. The van der Waals surface area contributed by atoms with Crippen LogP contribution in [0.5, 0.6) is 0 Å². The minimum absolute atomic E-state index is 0.187. The second-order valence-corrected chi connectivity index (χ2v) is 7.64. The average molecular weight is 336 g/mol. The van der Waals surface area contributed by atoms with Gasteiger partial charge in [0.05, 0.1) is 0 Å². The lowest BCUT2D eigenvalue weighted by molar-refractivity contribution is -0.184. The lowest BCUT2D eigenvalue weighted by atomic mass is 10.2. The lowest BCUT2D eigenvalue weighted by Crippen LogP contribution is -2.43. The molecule has 0 fully saturated rings. The summed E-state index contributed by atoms with van der Waals surface area (Å²) in [4.78, 5) is 0. The molecule has 0 bridgehead atoms. The first-order chi connectivity index (χ1) is 10.3. The highest BCUT2D eigenvalue weighted by Crippen LogP contribution is 2.18. The molecular weight excluding hydrogens is 303 g/mol. The van der Waals surface area contributed by atoms with E-state index in [2.05, 4.69) is 0 Å². The van der Waals surface area contributed by atoms with Crippen LogP contribution in [0.2, 0.25) is 0 Å². The molecule has 0 aromatic carbocycles. The Morgan fingerprint density at radius 2 is 0.727 bits per heavy atom. The number of methoxy groups -OCH3 is 3. The zero-order valence-corrected chi connectivity index (χ0v) is 16.6. The third-order valence-corrected chi connectivity index (χ3v) is 4.54. The second kappa shape index (κ2) is 11.8. The standard InChI is InChI=1S/3C5H11O2.Al/c3*1-4(2)5(6)7-3;/h3*4-5H,1-3H3;/q3*-1;+3. The first-order valence-corrected chi connectivity index (χ1v) is 9.22. The molecule has 6 nitrogen and oxygen atoms in total. The third kappa shape index (κ3) is 8.23. The summed E-state index contributed by atoms with van der Waals surface area (Å²) in [6.07, 6.45) is -1.15. The van der Waals surface area contributed by atoms with Gasteiger partial charge in [0.1, 0.15) is 18.9 Å². The molecular formula is C15H33AlO6. The quantitative estimate of drug-likeness (QED) is 0.403. The molecule has 0 amide bonds. The molecule has 0 rings (SSSR count). The molecule has 0 heterocycles. The van der Waals surface area contributed by atoms with E-state index in [1.54, 1.807) is 21.3 Å². The van der Waals surface area contributed by atoms with E-state index in [0.717, 1.165) is 0 Å². The van der Waals surface area contributed by atoms with Crippen LogP contribution < -0.4 is 0 Å². The van der Waals surface area contributed by atoms with Crippen LogP contribution in [0.15, 0.2) is 0 Å². The summed E-state index contributed by atoms with van der Waals surface area (Å²) in [7, 11) is 4.84. The normalized spacial score (nSPS) is 16.4. The Labute approximate surface area is 140 Å². The molecule has 0 aliphatic heterocycles. The molecule has 0 spiro atoms. The molecule has 0 N–H and O–H groups in total. The van der Waals surface area contributed by atoms with Gasteiger partial charge in [-0.3, -0.25) is 0 Å². The van der Waals surface area contributed by atoms with Gasteiger partial charge in [0.25, 0.3) is 0 Å². The van der Waals surface area contributed by atoms with E-state index in [1.807, 2.05) is 41.5 Å². The smallest absolute Gasteiger partial charge is 0.430 e. The minimum Gasteiger partial charge on any atom is -0.430 e. The van der Waals surface area contributed by atoms with E-state index in [9.17, 15) is 0 Å². The Bertz CT molecular complexity index is 232. The predicted molar refractivity (Wildman–Crippen MR) is 85.9 cm³/mol. The zero-order chi connectivity index (χ0) is 17.3. The molecule has 0 aliphatic rings. The number of hydrogen-bond donors (Lipinski definition) is 0. The first-order valence-electron chi connectivity index (χ1n) is 7.81. The predicted octanol–water partition coefficient (Wildman–Crippen LogP) is 2.91. The van der Waals surface area contributed by atoms with Crippen LogP contribution in [-0.2, 0) is 25.6 Å². The highest BCUT2D eigenvalue weighted by Gasteiger charge is 2.41. The molecule has 3 atom stereocenters. The Balaban J connectivity index is 4.95. The van der Waals surface area contributed by atoms with Crippen molar-refractivity contribution in [3.05, 3.63) is 0 Å². The van der Waals surface area contributed by atoms with Gasteiger partial charge in [-0.05, 0) is 0 Å². The van der Waals surface area contributed by atoms with Crippen LogP contribution in [-0.4, -0.2) is 55.3 Å². The van der Waals surface area contributed by atoms with Crippen molar-refractivity contribution in [2.75, 3.05) is 21.3 Å². The van der Waals surface area contributed by atoms with Gasteiger partial charge < -0.3 is 25.6 Å². The Morgan fingerprint density at radius 1 is 0.500 bits per heavy atom. The maximum Gasteiger partial charge on any atom is 0.911 e. The number of rotatable bonds is 12. The van der Waals surface area contributed by atoms with E-state index in [-0.39, 0.29) is 36.6 Å². The fourth-order valence-electron chi connectivity index (χ4n) is 1.88. The van der Waals surface area contributed by atoms with Gasteiger partial charge in [-0.15, -0.1) is 0 Å². The van der Waals surface area contributed by atoms with Gasteiger partial charge in [0.15, 0.2) is 0 Å². The molecule has 0 aliphatic carbocycles. The summed E-state index contributed by atoms with van der Waals surface area (Å²) in [6, 6.07) is 0. The van der Waals surface area contributed by atoms with Crippen molar-refractivity contribution in [1.82, 2.24) is 0 Å². The molecule has 0 saturated carbocycles. The summed E-state index contributed by atoms with van der Waals surface area (Å²) in [5, 5.41) is 0. The molecule has 0 saturated heterocycles. The molecule has 132 valence electrons. The minimum atomic E-state index is -2.50. The Kier molecular flexibility index (Phi) is 11.9. The van der Waals surface area contributed by atoms with Gasteiger partial charge in [0, 0.05) is 39.1 Å². The van der Waals surface area contributed by atoms with E-state index in [1.165, 1.54) is 0 Å². The van der Waals surface area contributed by atoms with Crippen LogP contribution in [0, 0.1) is 17.8 Å². The zero-order valence-electron chi connectivity index (χ0n) is 15.5.